The molecule has 0 bridgehead atoms. The third kappa shape index (κ3) is 11.5. The van der Waals surface area contributed by atoms with Crippen LogP contribution in [0.5, 0.6) is 0 Å². The van der Waals surface area contributed by atoms with Crippen LogP contribution in [0.4, 0.5) is 0 Å². The summed E-state index contributed by atoms with van der Waals surface area (Å²) in [5, 5.41) is 11.7. The van der Waals surface area contributed by atoms with Crippen LogP contribution in [0.3, 0.4) is 0 Å². The standard InChI is InChI=1S/C9H18N2.C2H6/c1-4-11-8-9(2,3)6-5-7-10;1-2/h11H,4-6,8H2,1-3H3;1-2H3. The number of rotatable bonds is 5. The monoisotopic (exact) mass is 184 g/mol. The molecule has 0 fully saturated rings. The highest BCUT2D eigenvalue weighted by Gasteiger charge is 2.15. The molecule has 0 aromatic rings. The van der Waals surface area contributed by atoms with Gasteiger partial charge in [-0.05, 0) is 18.4 Å². The molecule has 13 heavy (non-hydrogen) atoms. The summed E-state index contributed by atoms with van der Waals surface area (Å²) < 4.78 is 0. The highest BCUT2D eigenvalue weighted by Crippen LogP contribution is 2.20. The normalized spacial score (nSPS) is 9.85. The van der Waals surface area contributed by atoms with Crippen molar-refractivity contribution in [2.24, 2.45) is 5.41 Å². The van der Waals surface area contributed by atoms with Crippen LogP contribution in [0.25, 0.3) is 0 Å². The summed E-state index contributed by atoms with van der Waals surface area (Å²) in [6.45, 7) is 12.5. The van der Waals surface area contributed by atoms with Gasteiger partial charge in [-0.3, -0.25) is 0 Å². The predicted octanol–water partition coefficient (Wildman–Crippen LogP) is 2.95. The van der Waals surface area contributed by atoms with Crippen molar-refractivity contribution >= 4 is 0 Å². The Morgan fingerprint density at radius 3 is 2.23 bits per heavy atom. The van der Waals surface area contributed by atoms with Gasteiger partial charge in [-0.15, -0.1) is 0 Å². The van der Waals surface area contributed by atoms with E-state index >= 15 is 0 Å². The summed E-state index contributed by atoms with van der Waals surface area (Å²) in [5.74, 6) is 0. The number of nitriles is 1. The van der Waals surface area contributed by atoms with E-state index in [1.54, 1.807) is 0 Å². The second-order valence-electron chi connectivity index (χ2n) is 3.60. The molecule has 0 aromatic heterocycles. The largest absolute Gasteiger partial charge is 0.316 e. The van der Waals surface area contributed by atoms with Gasteiger partial charge < -0.3 is 5.32 Å². The molecule has 0 unspecified atom stereocenters. The Morgan fingerprint density at radius 1 is 1.31 bits per heavy atom. The smallest absolute Gasteiger partial charge is 0.0621 e. The van der Waals surface area contributed by atoms with Crippen molar-refractivity contribution in [1.29, 1.82) is 5.26 Å². The molecule has 2 heteroatoms. The molecule has 0 aliphatic heterocycles. The SMILES string of the molecule is CC.CCNCC(C)(C)CCC#N. The summed E-state index contributed by atoms with van der Waals surface area (Å²) in [4.78, 5) is 0. The quantitative estimate of drug-likeness (QED) is 0.713. The third-order valence-electron chi connectivity index (χ3n) is 1.77. The van der Waals surface area contributed by atoms with Crippen molar-refractivity contribution in [3.8, 4) is 6.07 Å². The van der Waals surface area contributed by atoms with Crippen molar-refractivity contribution in [3.63, 3.8) is 0 Å². The van der Waals surface area contributed by atoms with Gasteiger partial charge in [-0.2, -0.15) is 5.26 Å². The van der Waals surface area contributed by atoms with Crippen LogP contribution in [0.15, 0.2) is 0 Å². The maximum absolute atomic E-state index is 8.38. The molecule has 0 amide bonds. The van der Waals surface area contributed by atoms with Crippen molar-refractivity contribution in [1.82, 2.24) is 5.32 Å². The maximum atomic E-state index is 8.38. The Labute approximate surface area is 83.3 Å². The predicted molar refractivity (Wildman–Crippen MR) is 58.5 cm³/mol. The fourth-order valence-corrected chi connectivity index (χ4v) is 0.946. The van der Waals surface area contributed by atoms with Crippen molar-refractivity contribution < 1.29 is 0 Å². The van der Waals surface area contributed by atoms with Gasteiger partial charge in [0.25, 0.3) is 0 Å². The summed E-state index contributed by atoms with van der Waals surface area (Å²) >= 11 is 0. The molecule has 0 spiro atoms. The zero-order chi connectivity index (χ0) is 10.7. The molecule has 1 N–H and O–H groups in total. The Balaban J connectivity index is 0. The highest BCUT2D eigenvalue weighted by atomic mass is 14.9. The van der Waals surface area contributed by atoms with Crippen LogP contribution >= 0.6 is 0 Å². The minimum atomic E-state index is 0.270. The van der Waals surface area contributed by atoms with Crippen LogP contribution in [0, 0.1) is 16.7 Å². The van der Waals surface area contributed by atoms with Gasteiger partial charge in [0.1, 0.15) is 0 Å². The summed E-state index contributed by atoms with van der Waals surface area (Å²) in [5.41, 5.74) is 0.270. The molecule has 78 valence electrons. The molecule has 0 radical (unpaired) electrons. The Morgan fingerprint density at radius 2 is 1.85 bits per heavy atom. The topological polar surface area (TPSA) is 35.8 Å². The molecule has 0 saturated carbocycles. The molecule has 2 nitrogen and oxygen atoms in total. The van der Waals surface area contributed by atoms with Gasteiger partial charge >= 0.3 is 0 Å². The van der Waals surface area contributed by atoms with Gasteiger partial charge in [-0.25, -0.2) is 0 Å². The molecular weight excluding hydrogens is 160 g/mol. The first-order valence-corrected chi connectivity index (χ1v) is 5.20. The Hall–Kier alpha value is -0.550. The van der Waals surface area contributed by atoms with Gasteiger partial charge in [0, 0.05) is 13.0 Å². The van der Waals surface area contributed by atoms with E-state index < -0.39 is 0 Å². The zero-order valence-electron chi connectivity index (χ0n) is 9.78. The van der Waals surface area contributed by atoms with E-state index in [-0.39, 0.29) is 5.41 Å². The first-order chi connectivity index (χ1) is 6.12. The van der Waals surface area contributed by atoms with Gasteiger partial charge in [0.15, 0.2) is 0 Å². The lowest BCUT2D eigenvalue weighted by molar-refractivity contribution is 0.321. The highest BCUT2D eigenvalue weighted by molar-refractivity contribution is 4.78. The summed E-state index contributed by atoms with van der Waals surface area (Å²) in [7, 11) is 0. The zero-order valence-corrected chi connectivity index (χ0v) is 9.78. The molecular formula is C11H24N2. The molecule has 0 saturated heterocycles. The number of nitrogens with zero attached hydrogens (tertiary/aromatic N) is 1. The fourth-order valence-electron chi connectivity index (χ4n) is 0.946. The van der Waals surface area contributed by atoms with E-state index in [0.717, 1.165) is 19.5 Å². The van der Waals surface area contributed by atoms with Crippen molar-refractivity contribution in [2.75, 3.05) is 13.1 Å². The lowest BCUT2D eigenvalue weighted by Gasteiger charge is -2.23. The van der Waals surface area contributed by atoms with E-state index in [0.29, 0.717) is 6.42 Å². The van der Waals surface area contributed by atoms with Crippen molar-refractivity contribution in [2.45, 2.75) is 47.5 Å². The molecule has 0 heterocycles. The van der Waals surface area contributed by atoms with E-state index in [1.165, 1.54) is 0 Å². The fraction of sp³-hybridized carbons (Fsp3) is 0.909. The van der Waals surface area contributed by atoms with Crippen LogP contribution in [-0.2, 0) is 0 Å². The maximum Gasteiger partial charge on any atom is 0.0621 e. The minimum Gasteiger partial charge on any atom is -0.316 e. The second-order valence-corrected chi connectivity index (χ2v) is 3.60. The summed E-state index contributed by atoms with van der Waals surface area (Å²) in [6, 6.07) is 2.17. The number of hydrogen-bond acceptors (Lipinski definition) is 2. The molecule has 0 atom stereocenters. The Bertz CT molecular complexity index is 134. The molecule has 0 aliphatic carbocycles. The minimum absolute atomic E-state index is 0.270. The first kappa shape index (κ1) is 14.9. The molecule has 0 rings (SSSR count). The second kappa shape index (κ2) is 9.54. The van der Waals surface area contributed by atoms with E-state index in [4.69, 9.17) is 5.26 Å². The Kier molecular flexibility index (Phi) is 11.0. The van der Waals surface area contributed by atoms with Crippen LogP contribution in [0.2, 0.25) is 0 Å². The third-order valence-corrected chi connectivity index (χ3v) is 1.77. The van der Waals surface area contributed by atoms with E-state index in [2.05, 4.69) is 32.2 Å². The summed E-state index contributed by atoms with van der Waals surface area (Å²) in [6.07, 6.45) is 1.65. The van der Waals surface area contributed by atoms with Crippen LogP contribution in [0.1, 0.15) is 47.5 Å². The van der Waals surface area contributed by atoms with Crippen molar-refractivity contribution in [3.05, 3.63) is 0 Å². The van der Waals surface area contributed by atoms with E-state index in [1.807, 2.05) is 13.8 Å². The molecule has 0 aliphatic rings. The molecule has 0 aromatic carbocycles. The first-order valence-electron chi connectivity index (χ1n) is 5.20. The average molecular weight is 184 g/mol. The van der Waals surface area contributed by atoms with Gasteiger partial charge in [0.05, 0.1) is 6.07 Å². The number of nitrogens with one attached hydrogen (secondary N) is 1. The van der Waals surface area contributed by atoms with E-state index in [9.17, 15) is 0 Å². The van der Waals surface area contributed by atoms with Crippen LogP contribution in [-0.4, -0.2) is 13.1 Å². The lowest BCUT2D eigenvalue weighted by atomic mass is 9.88. The lowest BCUT2D eigenvalue weighted by Crippen LogP contribution is -2.29. The van der Waals surface area contributed by atoms with Crippen LogP contribution < -0.4 is 5.32 Å². The number of hydrogen-bond donors (Lipinski definition) is 1. The average Bonchev–Trinajstić information content (AvgIpc) is 2.15. The van der Waals surface area contributed by atoms with Gasteiger partial charge in [-0.1, -0.05) is 34.6 Å². The van der Waals surface area contributed by atoms with Gasteiger partial charge in [0.2, 0.25) is 0 Å².